The molecule has 0 atom stereocenters. The molecule has 2 N–H and O–H groups in total. The number of hydrogen-bond donors (Lipinski definition) is 2. The Kier molecular flexibility index (Phi) is 5.42. The van der Waals surface area contributed by atoms with Crippen LogP contribution in [0, 0.1) is 6.92 Å². The van der Waals surface area contributed by atoms with Gasteiger partial charge >= 0.3 is 0 Å². The molecule has 0 aromatic heterocycles. The van der Waals surface area contributed by atoms with Crippen LogP contribution in [0.4, 0.5) is 17.1 Å². The molecule has 0 bridgehead atoms. The quantitative estimate of drug-likeness (QED) is 0.826. The van der Waals surface area contributed by atoms with Gasteiger partial charge in [-0.25, -0.2) is 0 Å². The summed E-state index contributed by atoms with van der Waals surface area (Å²) in [5, 5.41) is 6.21. The first-order chi connectivity index (χ1) is 10.6. The lowest BCUT2D eigenvalue weighted by Gasteiger charge is -2.12. The number of benzene rings is 2. The van der Waals surface area contributed by atoms with Crippen molar-refractivity contribution < 1.29 is 9.53 Å². The number of carbonyl (C=O) groups is 1. The predicted octanol–water partition coefficient (Wildman–Crippen LogP) is 4.49. The summed E-state index contributed by atoms with van der Waals surface area (Å²) in [6.07, 6.45) is 1.39. The second-order valence-corrected chi connectivity index (χ2v) is 5.20. The van der Waals surface area contributed by atoms with Gasteiger partial charge in [-0.3, -0.25) is 4.79 Å². The van der Waals surface area contributed by atoms with Gasteiger partial charge in [-0.2, -0.15) is 0 Å². The summed E-state index contributed by atoms with van der Waals surface area (Å²) in [7, 11) is 1.65. The molecule has 0 heterocycles. The second kappa shape index (κ2) is 7.50. The van der Waals surface area contributed by atoms with Crippen molar-refractivity contribution in [3.63, 3.8) is 0 Å². The summed E-state index contributed by atoms with van der Waals surface area (Å²) in [6.45, 7) is 4.03. The molecule has 2 aromatic carbocycles. The van der Waals surface area contributed by atoms with Gasteiger partial charge in [0.1, 0.15) is 5.75 Å². The van der Waals surface area contributed by atoms with E-state index in [-0.39, 0.29) is 5.91 Å². The van der Waals surface area contributed by atoms with Crippen molar-refractivity contribution in [2.24, 2.45) is 0 Å². The van der Waals surface area contributed by atoms with Crippen molar-refractivity contribution in [2.75, 3.05) is 17.7 Å². The van der Waals surface area contributed by atoms with Crippen molar-refractivity contribution in [1.82, 2.24) is 0 Å². The first kappa shape index (κ1) is 15.9. The van der Waals surface area contributed by atoms with Gasteiger partial charge in [-0.1, -0.05) is 13.0 Å². The summed E-state index contributed by atoms with van der Waals surface area (Å²) < 4.78 is 5.36. The molecule has 0 fully saturated rings. The molecule has 116 valence electrons. The highest BCUT2D eigenvalue weighted by Crippen LogP contribution is 2.29. The molecule has 0 aliphatic carbocycles. The fourth-order valence-corrected chi connectivity index (χ4v) is 2.16. The maximum Gasteiger partial charge on any atom is 0.224 e. The van der Waals surface area contributed by atoms with Crippen LogP contribution in [-0.4, -0.2) is 13.0 Å². The highest BCUT2D eigenvalue weighted by Gasteiger charge is 2.04. The van der Waals surface area contributed by atoms with E-state index in [1.165, 1.54) is 0 Å². The van der Waals surface area contributed by atoms with Gasteiger partial charge in [0, 0.05) is 17.8 Å². The molecule has 0 aliphatic rings. The molecular formula is C18H22N2O2. The molecule has 0 spiro atoms. The minimum absolute atomic E-state index is 0.0450. The van der Waals surface area contributed by atoms with Crippen LogP contribution in [0.5, 0.6) is 5.75 Å². The summed E-state index contributed by atoms with van der Waals surface area (Å²) in [5.74, 6) is 0.842. The van der Waals surface area contributed by atoms with Crippen LogP contribution in [0.25, 0.3) is 0 Å². The standard InChI is InChI=1S/C18H22N2O2/c1-4-5-18(21)20-15-9-7-14(8-10-15)19-16-12-13(2)6-11-17(16)22-3/h6-12,19H,4-5H2,1-3H3,(H,20,21). The Morgan fingerprint density at radius 2 is 1.77 bits per heavy atom. The van der Waals surface area contributed by atoms with Crippen molar-refractivity contribution in [2.45, 2.75) is 26.7 Å². The highest BCUT2D eigenvalue weighted by molar-refractivity contribution is 5.90. The van der Waals surface area contributed by atoms with E-state index in [1.54, 1.807) is 7.11 Å². The Balaban J connectivity index is 2.08. The fourth-order valence-electron chi connectivity index (χ4n) is 2.16. The van der Waals surface area contributed by atoms with Gasteiger partial charge in [0.05, 0.1) is 12.8 Å². The number of ether oxygens (including phenoxy) is 1. The number of hydrogen-bond acceptors (Lipinski definition) is 3. The third kappa shape index (κ3) is 4.25. The van der Waals surface area contributed by atoms with Crippen molar-refractivity contribution >= 4 is 23.0 Å². The van der Waals surface area contributed by atoms with Gasteiger partial charge in [0.25, 0.3) is 0 Å². The normalized spacial score (nSPS) is 10.1. The number of anilines is 3. The van der Waals surface area contributed by atoms with Crippen LogP contribution in [0.15, 0.2) is 42.5 Å². The van der Waals surface area contributed by atoms with Gasteiger partial charge in [-0.05, 0) is 55.3 Å². The van der Waals surface area contributed by atoms with Gasteiger partial charge in [-0.15, -0.1) is 0 Å². The lowest BCUT2D eigenvalue weighted by atomic mass is 10.2. The molecular weight excluding hydrogens is 276 g/mol. The first-order valence-corrected chi connectivity index (χ1v) is 7.44. The zero-order chi connectivity index (χ0) is 15.9. The average molecular weight is 298 g/mol. The van der Waals surface area contributed by atoms with E-state index in [9.17, 15) is 4.79 Å². The lowest BCUT2D eigenvalue weighted by Crippen LogP contribution is -2.10. The molecule has 4 nitrogen and oxygen atoms in total. The SMILES string of the molecule is CCCC(=O)Nc1ccc(Nc2cc(C)ccc2OC)cc1. The maximum absolute atomic E-state index is 11.6. The number of rotatable bonds is 6. The number of amides is 1. The van der Waals surface area contributed by atoms with E-state index in [4.69, 9.17) is 4.74 Å². The largest absolute Gasteiger partial charge is 0.495 e. The van der Waals surface area contributed by atoms with E-state index in [2.05, 4.69) is 10.6 Å². The van der Waals surface area contributed by atoms with E-state index < -0.39 is 0 Å². The van der Waals surface area contributed by atoms with Crippen LogP contribution < -0.4 is 15.4 Å². The van der Waals surface area contributed by atoms with Crippen LogP contribution in [0.2, 0.25) is 0 Å². The Hall–Kier alpha value is -2.49. The Morgan fingerprint density at radius 1 is 1.09 bits per heavy atom. The minimum atomic E-state index is 0.0450. The summed E-state index contributed by atoms with van der Waals surface area (Å²) >= 11 is 0. The number of aryl methyl sites for hydroxylation is 1. The Morgan fingerprint density at radius 3 is 2.41 bits per heavy atom. The average Bonchev–Trinajstić information content (AvgIpc) is 2.50. The van der Waals surface area contributed by atoms with Gasteiger partial charge < -0.3 is 15.4 Å². The Labute approximate surface area is 131 Å². The first-order valence-electron chi connectivity index (χ1n) is 7.44. The topological polar surface area (TPSA) is 50.4 Å². The highest BCUT2D eigenvalue weighted by atomic mass is 16.5. The molecule has 22 heavy (non-hydrogen) atoms. The Bertz CT molecular complexity index is 636. The predicted molar refractivity (Wildman–Crippen MR) is 91.0 cm³/mol. The zero-order valence-corrected chi connectivity index (χ0v) is 13.3. The molecule has 0 saturated carbocycles. The molecule has 0 radical (unpaired) electrons. The van der Waals surface area contributed by atoms with Gasteiger partial charge in [0.15, 0.2) is 0 Å². The van der Waals surface area contributed by atoms with Crippen LogP contribution >= 0.6 is 0 Å². The van der Waals surface area contributed by atoms with Crippen LogP contribution in [-0.2, 0) is 4.79 Å². The van der Waals surface area contributed by atoms with Crippen LogP contribution in [0.1, 0.15) is 25.3 Å². The number of nitrogens with one attached hydrogen (secondary N) is 2. The van der Waals surface area contributed by atoms with E-state index in [0.29, 0.717) is 6.42 Å². The minimum Gasteiger partial charge on any atom is -0.495 e. The fraction of sp³-hybridized carbons (Fsp3) is 0.278. The van der Waals surface area contributed by atoms with Crippen molar-refractivity contribution in [1.29, 1.82) is 0 Å². The molecule has 2 aromatic rings. The summed E-state index contributed by atoms with van der Waals surface area (Å²) in [4.78, 5) is 11.6. The molecule has 4 heteroatoms. The van der Waals surface area contributed by atoms with E-state index >= 15 is 0 Å². The molecule has 0 unspecified atom stereocenters. The molecule has 2 rings (SSSR count). The third-order valence-corrected chi connectivity index (χ3v) is 3.28. The van der Waals surface area contributed by atoms with Crippen molar-refractivity contribution in [3.05, 3.63) is 48.0 Å². The smallest absolute Gasteiger partial charge is 0.224 e. The monoisotopic (exact) mass is 298 g/mol. The second-order valence-electron chi connectivity index (χ2n) is 5.20. The summed E-state index contributed by atoms with van der Waals surface area (Å²) in [6, 6.07) is 13.6. The van der Waals surface area contributed by atoms with Gasteiger partial charge in [0.2, 0.25) is 5.91 Å². The third-order valence-electron chi connectivity index (χ3n) is 3.28. The van der Waals surface area contributed by atoms with Crippen molar-refractivity contribution in [3.8, 4) is 5.75 Å². The maximum atomic E-state index is 11.6. The number of methoxy groups -OCH3 is 1. The van der Waals surface area contributed by atoms with E-state index in [1.807, 2.05) is 56.3 Å². The molecule has 0 aliphatic heterocycles. The number of carbonyl (C=O) groups excluding carboxylic acids is 1. The van der Waals surface area contributed by atoms with Crippen LogP contribution in [0.3, 0.4) is 0 Å². The van der Waals surface area contributed by atoms with E-state index in [0.717, 1.165) is 34.8 Å². The molecule has 0 saturated heterocycles. The lowest BCUT2D eigenvalue weighted by molar-refractivity contribution is -0.116. The molecule has 1 amide bonds. The zero-order valence-electron chi connectivity index (χ0n) is 13.3. The summed E-state index contributed by atoms with van der Waals surface area (Å²) in [5.41, 5.74) is 3.83.